The third-order valence-electron chi connectivity index (χ3n) is 3.40. The smallest absolute Gasteiger partial charge is 0.258 e. The summed E-state index contributed by atoms with van der Waals surface area (Å²) in [5.74, 6) is 0.965. The Bertz CT molecular complexity index is 997. The minimum atomic E-state index is -0.308. The Balaban J connectivity index is 1.75. The number of halogens is 1. The highest BCUT2D eigenvalue weighted by atomic mass is 35.5. The van der Waals surface area contributed by atoms with Crippen molar-refractivity contribution < 1.29 is 9.32 Å². The summed E-state index contributed by atoms with van der Waals surface area (Å²) in [6.45, 7) is 1.82. The van der Waals surface area contributed by atoms with Crippen LogP contribution in [0.15, 0.2) is 52.1 Å². The summed E-state index contributed by atoms with van der Waals surface area (Å²) in [6.07, 6.45) is 1.63. The van der Waals surface area contributed by atoms with Gasteiger partial charge in [-0.2, -0.15) is 5.26 Å². The van der Waals surface area contributed by atoms with Crippen LogP contribution in [-0.2, 0) is 5.75 Å². The SMILES string of the molecule is Cc1cc(CSc2ncccc2C(=O)Nc2ccc(C#N)c(Cl)c2)no1. The highest BCUT2D eigenvalue weighted by Crippen LogP contribution is 2.26. The first-order valence-corrected chi connectivity index (χ1v) is 8.94. The first-order valence-electron chi connectivity index (χ1n) is 7.58. The predicted molar refractivity (Wildman–Crippen MR) is 99.2 cm³/mol. The largest absolute Gasteiger partial charge is 0.361 e. The number of aryl methyl sites for hydroxylation is 1. The monoisotopic (exact) mass is 384 g/mol. The van der Waals surface area contributed by atoms with E-state index in [0.29, 0.717) is 27.6 Å². The van der Waals surface area contributed by atoms with E-state index in [0.717, 1.165) is 11.5 Å². The first-order chi connectivity index (χ1) is 12.6. The third kappa shape index (κ3) is 4.23. The van der Waals surface area contributed by atoms with Gasteiger partial charge in [-0.15, -0.1) is 0 Å². The van der Waals surface area contributed by atoms with Crippen molar-refractivity contribution in [2.24, 2.45) is 0 Å². The van der Waals surface area contributed by atoms with Crippen LogP contribution in [0.4, 0.5) is 5.69 Å². The number of thioether (sulfide) groups is 1. The number of carbonyl (C=O) groups excluding carboxylic acids is 1. The van der Waals surface area contributed by atoms with E-state index in [-0.39, 0.29) is 10.9 Å². The van der Waals surface area contributed by atoms with Gasteiger partial charge in [-0.3, -0.25) is 4.79 Å². The van der Waals surface area contributed by atoms with E-state index in [9.17, 15) is 4.79 Å². The molecule has 0 aliphatic heterocycles. The van der Waals surface area contributed by atoms with E-state index in [2.05, 4.69) is 15.5 Å². The highest BCUT2D eigenvalue weighted by Gasteiger charge is 2.14. The summed E-state index contributed by atoms with van der Waals surface area (Å²) in [7, 11) is 0. The van der Waals surface area contributed by atoms with Crippen molar-refractivity contribution in [3.8, 4) is 6.07 Å². The van der Waals surface area contributed by atoms with Crippen LogP contribution in [-0.4, -0.2) is 16.0 Å². The summed E-state index contributed by atoms with van der Waals surface area (Å²) >= 11 is 7.40. The van der Waals surface area contributed by atoms with Crippen molar-refractivity contribution in [2.45, 2.75) is 17.7 Å². The fourth-order valence-corrected chi connectivity index (χ4v) is 3.28. The van der Waals surface area contributed by atoms with Crippen LogP contribution in [0.5, 0.6) is 0 Å². The van der Waals surface area contributed by atoms with Crippen molar-refractivity contribution in [1.82, 2.24) is 10.1 Å². The summed E-state index contributed by atoms with van der Waals surface area (Å²) in [4.78, 5) is 16.9. The van der Waals surface area contributed by atoms with Gasteiger partial charge in [0.1, 0.15) is 16.9 Å². The number of hydrogen-bond donors (Lipinski definition) is 1. The summed E-state index contributed by atoms with van der Waals surface area (Å²) < 4.78 is 5.04. The molecule has 1 N–H and O–H groups in total. The molecular weight excluding hydrogens is 372 g/mol. The molecule has 2 heterocycles. The zero-order chi connectivity index (χ0) is 18.5. The first kappa shape index (κ1) is 18.0. The van der Waals surface area contributed by atoms with Crippen molar-refractivity contribution in [3.63, 3.8) is 0 Å². The number of hydrogen-bond acceptors (Lipinski definition) is 6. The zero-order valence-corrected chi connectivity index (χ0v) is 15.3. The number of pyridine rings is 1. The number of amides is 1. The number of carbonyl (C=O) groups is 1. The second kappa shape index (κ2) is 8.04. The molecule has 0 saturated heterocycles. The van der Waals surface area contributed by atoms with Gasteiger partial charge in [-0.1, -0.05) is 28.5 Å². The number of aromatic nitrogens is 2. The van der Waals surface area contributed by atoms with E-state index in [4.69, 9.17) is 21.4 Å². The van der Waals surface area contributed by atoms with Gasteiger partial charge < -0.3 is 9.84 Å². The van der Waals surface area contributed by atoms with Crippen LogP contribution in [0, 0.1) is 18.3 Å². The maximum atomic E-state index is 12.6. The molecule has 0 fully saturated rings. The van der Waals surface area contributed by atoms with Crippen molar-refractivity contribution in [2.75, 3.05) is 5.32 Å². The Morgan fingerprint density at radius 1 is 1.38 bits per heavy atom. The molecule has 26 heavy (non-hydrogen) atoms. The molecule has 8 heteroatoms. The molecule has 130 valence electrons. The Morgan fingerprint density at radius 3 is 2.92 bits per heavy atom. The quantitative estimate of drug-likeness (QED) is 0.653. The number of nitriles is 1. The van der Waals surface area contributed by atoms with Gasteiger partial charge in [-0.25, -0.2) is 4.98 Å². The van der Waals surface area contributed by atoms with E-state index < -0.39 is 0 Å². The molecule has 0 unspecified atom stereocenters. The number of rotatable bonds is 5. The van der Waals surface area contributed by atoms with Gasteiger partial charge in [0.25, 0.3) is 5.91 Å². The molecular formula is C18H13ClN4O2S. The van der Waals surface area contributed by atoms with Crippen molar-refractivity contribution in [3.05, 3.63) is 70.2 Å². The molecule has 2 aromatic heterocycles. The van der Waals surface area contributed by atoms with Gasteiger partial charge in [0.05, 0.1) is 21.8 Å². The van der Waals surface area contributed by atoms with E-state index >= 15 is 0 Å². The predicted octanol–water partition coefficient (Wildman–Crippen LogP) is 4.45. The molecule has 0 aliphatic rings. The summed E-state index contributed by atoms with van der Waals surface area (Å²) in [5.41, 5.74) is 2.08. The Labute approximate surface area is 159 Å². The van der Waals surface area contributed by atoms with Gasteiger partial charge >= 0.3 is 0 Å². The normalized spacial score (nSPS) is 10.3. The van der Waals surface area contributed by atoms with E-state index in [1.165, 1.54) is 11.8 Å². The van der Waals surface area contributed by atoms with E-state index in [1.807, 2.05) is 19.1 Å². The molecule has 1 aromatic carbocycles. The maximum Gasteiger partial charge on any atom is 0.258 e. The minimum Gasteiger partial charge on any atom is -0.361 e. The molecule has 1 amide bonds. The Morgan fingerprint density at radius 2 is 2.23 bits per heavy atom. The average Bonchev–Trinajstić information content (AvgIpc) is 3.05. The number of nitrogens with one attached hydrogen (secondary N) is 1. The van der Waals surface area contributed by atoms with Crippen LogP contribution in [0.25, 0.3) is 0 Å². The lowest BCUT2D eigenvalue weighted by molar-refractivity contribution is 0.102. The van der Waals surface area contributed by atoms with Gasteiger partial charge in [0, 0.05) is 23.7 Å². The van der Waals surface area contributed by atoms with Crippen LogP contribution >= 0.6 is 23.4 Å². The minimum absolute atomic E-state index is 0.285. The summed E-state index contributed by atoms with van der Waals surface area (Å²) in [6, 6.07) is 11.9. The van der Waals surface area contributed by atoms with Gasteiger partial charge in [0.15, 0.2) is 0 Å². The maximum absolute atomic E-state index is 12.6. The fourth-order valence-electron chi connectivity index (χ4n) is 2.19. The van der Waals surface area contributed by atoms with Crippen LogP contribution < -0.4 is 5.32 Å². The number of nitrogens with zero attached hydrogens (tertiary/aromatic N) is 3. The zero-order valence-electron chi connectivity index (χ0n) is 13.7. The van der Waals surface area contributed by atoms with Gasteiger partial charge in [-0.05, 0) is 37.3 Å². The standard InChI is InChI=1S/C18H13ClN4O2S/c1-11-7-14(23-25-11)10-26-18-15(3-2-6-21-18)17(24)22-13-5-4-12(9-20)16(19)8-13/h2-8H,10H2,1H3,(H,22,24). The average molecular weight is 385 g/mol. The Hall–Kier alpha value is -2.82. The second-order valence-electron chi connectivity index (χ2n) is 5.33. The Kier molecular flexibility index (Phi) is 5.56. The lowest BCUT2D eigenvalue weighted by Gasteiger charge is -2.09. The topological polar surface area (TPSA) is 91.8 Å². The third-order valence-corrected chi connectivity index (χ3v) is 4.75. The van der Waals surface area contributed by atoms with E-state index in [1.54, 1.807) is 36.5 Å². The van der Waals surface area contributed by atoms with Gasteiger partial charge in [0.2, 0.25) is 0 Å². The molecule has 0 bridgehead atoms. The van der Waals surface area contributed by atoms with Crippen LogP contribution in [0.2, 0.25) is 5.02 Å². The number of anilines is 1. The molecule has 0 spiro atoms. The summed E-state index contributed by atoms with van der Waals surface area (Å²) in [5, 5.41) is 16.5. The molecule has 0 atom stereocenters. The molecule has 0 aliphatic carbocycles. The molecule has 3 aromatic rings. The molecule has 0 saturated carbocycles. The molecule has 6 nitrogen and oxygen atoms in total. The lowest BCUT2D eigenvalue weighted by Crippen LogP contribution is -2.13. The van der Waals surface area contributed by atoms with Crippen molar-refractivity contribution in [1.29, 1.82) is 5.26 Å². The molecule has 3 rings (SSSR count). The lowest BCUT2D eigenvalue weighted by atomic mass is 10.2. The van der Waals surface area contributed by atoms with Crippen LogP contribution in [0.1, 0.15) is 27.4 Å². The molecule has 0 radical (unpaired) electrons. The highest BCUT2D eigenvalue weighted by molar-refractivity contribution is 7.98. The number of benzene rings is 1. The van der Waals surface area contributed by atoms with Crippen molar-refractivity contribution >= 4 is 35.0 Å². The second-order valence-corrected chi connectivity index (χ2v) is 6.71. The van der Waals surface area contributed by atoms with Crippen LogP contribution in [0.3, 0.4) is 0 Å². The fraction of sp³-hybridized carbons (Fsp3) is 0.111.